The Balaban J connectivity index is 1.59. The predicted octanol–water partition coefficient (Wildman–Crippen LogP) is 7.48. The van der Waals surface area contributed by atoms with Gasteiger partial charge < -0.3 is 14.6 Å². The minimum Gasteiger partial charge on any atom is -0.459 e. The smallest absolute Gasteiger partial charge is 0.174 e. The molecule has 1 aliphatic rings. The van der Waals surface area contributed by atoms with Gasteiger partial charge in [0, 0.05) is 22.5 Å². The van der Waals surface area contributed by atoms with Gasteiger partial charge >= 0.3 is 0 Å². The fraction of sp³-hybridized carbons (Fsp3) is 0.0833. The number of anilines is 1. The number of nitrogens with one attached hydrogen (secondary N) is 1. The van der Waals surface area contributed by atoms with Gasteiger partial charge in [-0.05, 0) is 78.9 Å². The predicted molar refractivity (Wildman–Crippen MR) is 134 cm³/mol. The molecule has 5 rings (SSSR count). The van der Waals surface area contributed by atoms with E-state index in [1.54, 1.807) is 18.3 Å². The Kier molecular flexibility index (Phi) is 5.82. The maximum absolute atomic E-state index is 6.33. The van der Waals surface area contributed by atoms with E-state index in [0.29, 0.717) is 25.9 Å². The van der Waals surface area contributed by atoms with Crippen molar-refractivity contribution < 1.29 is 4.42 Å². The van der Waals surface area contributed by atoms with Gasteiger partial charge in [0.15, 0.2) is 5.11 Å². The topological polar surface area (TPSA) is 41.3 Å². The van der Waals surface area contributed by atoms with Crippen LogP contribution in [-0.4, -0.2) is 10.1 Å². The summed E-state index contributed by atoms with van der Waals surface area (Å²) in [6.45, 7) is 0. The largest absolute Gasteiger partial charge is 0.459 e. The van der Waals surface area contributed by atoms with E-state index in [-0.39, 0.29) is 12.1 Å². The first kappa shape index (κ1) is 21.3. The molecule has 0 amide bonds. The molecule has 2 aromatic heterocycles. The van der Waals surface area contributed by atoms with Crippen LogP contribution < -0.4 is 10.2 Å². The number of aromatic nitrogens is 1. The highest BCUT2D eigenvalue weighted by molar-refractivity contribution is 7.80. The maximum atomic E-state index is 6.33. The first-order valence-electron chi connectivity index (χ1n) is 9.82. The number of thiocarbonyl (C=S) groups is 1. The first-order valence-corrected chi connectivity index (χ1v) is 11.4. The summed E-state index contributed by atoms with van der Waals surface area (Å²) in [7, 11) is 0. The molecule has 8 heteroatoms. The Morgan fingerprint density at radius 2 is 1.72 bits per heavy atom. The zero-order chi connectivity index (χ0) is 22.2. The van der Waals surface area contributed by atoms with Crippen LogP contribution in [0.4, 0.5) is 5.69 Å². The number of hydrogen-bond donors (Lipinski definition) is 1. The van der Waals surface area contributed by atoms with Crippen molar-refractivity contribution in [2.75, 3.05) is 4.90 Å². The zero-order valence-corrected chi connectivity index (χ0v) is 19.6. The Labute approximate surface area is 205 Å². The van der Waals surface area contributed by atoms with Crippen LogP contribution >= 0.6 is 47.0 Å². The van der Waals surface area contributed by atoms with Crippen molar-refractivity contribution in [3.63, 3.8) is 0 Å². The van der Waals surface area contributed by atoms with Crippen molar-refractivity contribution in [2.45, 2.75) is 12.1 Å². The molecule has 0 saturated carbocycles. The molecule has 160 valence electrons. The molecule has 0 spiro atoms. The first-order chi connectivity index (χ1) is 15.5. The van der Waals surface area contributed by atoms with Crippen LogP contribution in [0.2, 0.25) is 15.1 Å². The summed E-state index contributed by atoms with van der Waals surface area (Å²) >= 11 is 24.1. The third kappa shape index (κ3) is 3.97. The molecule has 1 saturated heterocycles. The lowest BCUT2D eigenvalue weighted by molar-refractivity contribution is 0.439. The average molecular weight is 501 g/mol. The molecule has 4 nitrogen and oxygen atoms in total. The van der Waals surface area contributed by atoms with Crippen molar-refractivity contribution in [3.05, 3.63) is 106 Å². The van der Waals surface area contributed by atoms with Gasteiger partial charge in [-0.25, -0.2) is 0 Å². The average Bonchev–Trinajstić information content (AvgIpc) is 3.41. The van der Waals surface area contributed by atoms with E-state index in [0.717, 1.165) is 22.7 Å². The molecule has 1 fully saturated rings. The van der Waals surface area contributed by atoms with Crippen LogP contribution in [0, 0.1) is 0 Å². The summed E-state index contributed by atoms with van der Waals surface area (Å²) in [4.78, 5) is 6.59. The van der Waals surface area contributed by atoms with Gasteiger partial charge in [0.05, 0.1) is 21.8 Å². The second kappa shape index (κ2) is 8.75. The molecule has 4 aromatic rings. The highest BCUT2D eigenvalue weighted by atomic mass is 35.5. The molecular weight excluding hydrogens is 485 g/mol. The van der Waals surface area contributed by atoms with E-state index in [1.165, 1.54) is 0 Å². The van der Waals surface area contributed by atoms with E-state index in [1.807, 2.05) is 65.6 Å². The second-order valence-electron chi connectivity index (χ2n) is 7.30. The molecule has 2 atom stereocenters. The van der Waals surface area contributed by atoms with Gasteiger partial charge in [0.1, 0.15) is 17.6 Å². The van der Waals surface area contributed by atoms with Gasteiger partial charge in [-0.15, -0.1) is 0 Å². The van der Waals surface area contributed by atoms with Crippen molar-refractivity contribution in [2.24, 2.45) is 0 Å². The molecule has 0 radical (unpaired) electrons. The Bertz CT molecular complexity index is 1280. The Morgan fingerprint density at radius 3 is 2.44 bits per heavy atom. The summed E-state index contributed by atoms with van der Waals surface area (Å²) in [6.07, 6.45) is 1.77. The number of hydrogen-bond acceptors (Lipinski definition) is 3. The van der Waals surface area contributed by atoms with Crippen LogP contribution in [0.15, 0.2) is 83.4 Å². The summed E-state index contributed by atoms with van der Waals surface area (Å²) < 4.78 is 6.33. The highest BCUT2D eigenvalue weighted by Crippen LogP contribution is 2.43. The van der Waals surface area contributed by atoms with Gasteiger partial charge in [-0.1, -0.05) is 40.9 Å². The number of nitrogens with zero attached hydrogens (tertiary/aromatic N) is 2. The van der Waals surface area contributed by atoms with Crippen LogP contribution in [0.25, 0.3) is 11.3 Å². The minimum absolute atomic E-state index is 0.202. The lowest BCUT2D eigenvalue weighted by atomic mass is 10.0. The van der Waals surface area contributed by atoms with Crippen LogP contribution in [0.5, 0.6) is 0 Å². The number of rotatable bonds is 4. The van der Waals surface area contributed by atoms with E-state index >= 15 is 0 Å². The molecule has 3 heterocycles. The van der Waals surface area contributed by atoms with Gasteiger partial charge in [0.2, 0.25) is 0 Å². The minimum atomic E-state index is -0.255. The Hall–Kier alpha value is -2.57. The van der Waals surface area contributed by atoms with Crippen molar-refractivity contribution in [1.29, 1.82) is 0 Å². The van der Waals surface area contributed by atoms with E-state index in [4.69, 9.17) is 51.4 Å². The molecule has 32 heavy (non-hydrogen) atoms. The summed E-state index contributed by atoms with van der Waals surface area (Å²) in [5.41, 5.74) is 2.61. The van der Waals surface area contributed by atoms with Crippen LogP contribution in [-0.2, 0) is 0 Å². The maximum Gasteiger partial charge on any atom is 0.174 e. The second-order valence-corrected chi connectivity index (χ2v) is 8.94. The van der Waals surface area contributed by atoms with Gasteiger partial charge in [0.25, 0.3) is 0 Å². The van der Waals surface area contributed by atoms with Crippen LogP contribution in [0.1, 0.15) is 23.5 Å². The number of benzene rings is 2. The molecule has 1 aliphatic heterocycles. The van der Waals surface area contributed by atoms with Crippen LogP contribution in [0.3, 0.4) is 0 Å². The lowest BCUT2D eigenvalue weighted by Gasteiger charge is -2.26. The molecule has 2 unspecified atom stereocenters. The Morgan fingerprint density at radius 1 is 0.906 bits per heavy atom. The number of halogens is 3. The normalized spacial score (nSPS) is 18.1. The van der Waals surface area contributed by atoms with E-state index in [9.17, 15) is 0 Å². The monoisotopic (exact) mass is 499 g/mol. The fourth-order valence-corrected chi connectivity index (χ4v) is 4.61. The quantitative estimate of drug-likeness (QED) is 0.294. The third-order valence-corrected chi connectivity index (χ3v) is 6.63. The number of pyridine rings is 1. The standard InChI is InChI=1S/C24H16Cl3N3OS/c25-15-5-7-16(8-6-15)30-23(22(29-24(30)32)19-3-1-2-12-28-19)21-11-10-20(31-21)14-4-9-17(26)18(27)13-14/h1-13,22-23H,(H,29,32). The molecule has 2 aromatic carbocycles. The summed E-state index contributed by atoms with van der Waals surface area (Å²) in [5.74, 6) is 1.43. The molecular formula is C24H16Cl3N3OS. The van der Waals surface area contributed by atoms with Crippen molar-refractivity contribution >= 4 is 57.8 Å². The molecule has 0 bridgehead atoms. The van der Waals surface area contributed by atoms with Crippen molar-refractivity contribution in [3.8, 4) is 11.3 Å². The molecule has 0 aliphatic carbocycles. The summed E-state index contributed by atoms with van der Waals surface area (Å²) in [6, 6.07) is 22.2. The van der Waals surface area contributed by atoms with Gasteiger partial charge in [-0.3, -0.25) is 4.98 Å². The summed E-state index contributed by atoms with van der Waals surface area (Å²) in [5, 5.41) is 5.62. The molecule has 1 N–H and O–H groups in total. The lowest BCUT2D eigenvalue weighted by Crippen LogP contribution is -2.29. The third-order valence-electron chi connectivity index (χ3n) is 5.33. The van der Waals surface area contributed by atoms with E-state index in [2.05, 4.69) is 10.3 Å². The van der Waals surface area contributed by atoms with Crippen molar-refractivity contribution in [1.82, 2.24) is 10.3 Å². The zero-order valence-electron chi connectivity index (χ0n) is 16.5. The van der Waals surface area contributed by atoms with Gasteiger partial charge in [-0.2, -0.15) is 0 Å². The SMILES string of the molecule is S=C1NC(c2ccccn2)C(c2ccc(-c3ccc(Cl)c(Cl)c3)o2)N1c1ccc(Cl)cc1. The van der Waals surface area contributed by atoms with E-state index < -0.39 is 0 Å². The highest BCUT2D eigenvalue weighted by Gasteiger charge is 2.42. The number of furan rings is 1. The fourth-order valence-electron chi connectivity index (χ4n) is 3.84.